The molecule has 128 valence electrons. The number of hydrogen-bond donors (Lipinski definition) is 1. The number of nitrogens with zero attached hydrogens (tertiary/aromatic N) is 2. The van der Waals surface area contributed by atoms with Crippen LogP contribution in [0, 0.1) is 0 Å². The largest absolute Gasteiger partial charge is 0.477 e. The molecule has 0 radical (unpaired) electrons. The highest BCUT2D eigenvalue weighted by Gasteiger charge is 2.45. The molecule has 1 aromatic heterocycles. The van der Waals surface area contributed by atoms with Crippen LogP contribution in [0.2, 0.25) is 0 Å². The Bertz CT molecular complexity index is 718. The summed E-state index contributed by atoms with van der Waals surface area (Å²) in [4.78, 5) is 12.5. The van der Waals surface area contributed by atoms with E-state index in [-0.39, 0.29) is 0 Å². The van der Waals surface area contributed by atoms with Crippen LogP contribution >= 0.6 is 11.3 Å². The molecule has 1 saturated heterocycles. The number of carbonyl (C=O) groups is 1. The van der Waals surface area contributed by atoms with Crippen LogP contribution in [0.1, 0.15) is 33.0 Å². The van der Waals surface area contributed by atoms with Crippen molar-refractivity contribution < 1.29 is 23.1 Å². The fourth-order valence-corrected chi connectivity index (χ4v) is 5.56. The van der Waals surface area contributed by atoms with Crippen molar-refractivity contribution in [3.8, 4) is 0 Å². The molecule has 1 aromatic rings. The molecule has 0 unspecified atom stereocenters. The number of carboxylic acid groups (broad SMARTS) is 1. The lowest BCUT2D eigenvalue weighted by Crippen LogP contribution is -2.50. The minimum atomic E-state index is -3.42. The molecular weight excluding hydrogens is 340 g/mol. The molecule has 3 heterocycles. The Morgan fingerprint density at radius 1 is 1.39 bits per heavy atom. The Kier molecular flexibility index (Phi) is 4.26. The van der Waals surface area contributed by atoms with Gasteiger partial charge in [-0.2, -0.15) is 17.0 Å². The Hall–Kier alpha value is -1.00. The van der Waals surface area contributed by atoms with E-state index in [4.69, 9.17) is 4.74 Å². The van der Waals surface area contributed by atoms with Gasteiger partial charge >= 0.3 is 5.97 Å². The van der Waals surface area contributed by atoms with E-state index in [1.165, 1.54) is 34.0 Å². The van der Waals surface area contributed by atoms with Gasteiger partial charge in [0.25, 0.3) is 10.2 Å². The first-order chi connectivity index (χ1) is 10.8. The minimum absolute atomic E-state index is 0.322. The Morgan fingerprint density at radius 3 is 2.61 bits per heavy atom. The average molecular weight is 360 g/mol. The maximum Gasteiger partial charge on any atom is 0.345 e. The van der Waals surface area contributed by atoms with Crippen LogP contribution in [-0.4, -0.2) is 61.9 Å². The topological polar surface area (TPSA) is 87.2 Å². The quantitative estimate of drug-likeness (QED) is 0.873. The number of piperidine rings is 1. The smallest absolute Gasteiger partial charge is 0.345 e. The maximum absolute atomic E-state index is 12.2. The van der Waals surface area contributed by atoms with Crippen LogP contribution < -0.4 is 0 Å². The standard InChI is InChI=1S/C14H20N2O5S2/c1-15(2)23(19,20)16-6-4-14(5-7-16)12-10(3-8-21-14)9-11(22-12)13(17)18/h9H,3-8H2,1-2H3,(H,17,18). The van der Waals surface area contributed by atoms with Gasteiger partial charge in [-0.15, -0.1) is 11.3 Å². The number of ether oxygens (including phenoxy) is 1. The molecule has 2 aliphatic heterocycles. The number of fused-ring (bicyclic) bond motifs is 2. The number of aromatic carboxylic acids is 1. The molecule has 9 heteroatoms. The molecule has 2 aliphatic rings. The van der Waals surface area contributed by atoms with Crippen LogP contribution in [-0.2, 0) is 27.0 Å². The number of rotatable bonds is 3. The lowest BCUT2D eigenvalue weighted by atomic mass is 9.86. The number of hydrogen-bond acceptors (Lipinski definition) is 5. The zero-order valence-corrected chi connectivity index (χ0v) is 14.7. The summed E-state index contributed by atoms with van der Waals surface area (Å²) < 4.78 is 33.2. The van der Waals surface area contributed by atoms with Gasteiger partial charge in [0, 0.05) is 32.1 Å². The zero-order valence-electron chi connectivity index (χ0n) is 13.1. The minimum Gasteiger partial charge on any atom is -0.477 e. The summed E-state index contributed by atoms with van der Waals surface area (Å²) in [5.41, 5.74) is 0.493. The lowest BCUT2D eigenvalue weighted by molar-refractivity contribution is -0.0865. The maximum atomic E-state index is 12.2. The van der Waals surface area contributed by atoms with Gasteiger partial charge in [0.1, 0.15) is 10.5 Å². The van der Waals surface area contributed by atoms with Crippen LogP contribution in [0.5, 0.6) is 0 Å². The van der Waals surface area contributed by atoms with E-state index in [9.17, 15) is 18.3 Å². The first-order valence-corrected chi connectivity index (χ1v) is 9.66. The molecule has 0 aliphatic carbocycles. The van der Waals surface area contributed by atoms with E-state index in [0.29, 0.717) is 43.8 Å². The summed E-state index contributed by atoms with van der Waals surface area (Å²) in [7, 11) is -0.378. The van der Waals surface area contributed by atoms with Gasteiger partial charge in [-0.3, -0.25) is 0 Å². The van der Waals surface area contributed by atoms with E-state index in [2.05, 4.69) is 0 Å². The Labute approximate surface area is 139 Å². The van der Waals surface area contributed by atoms with Crippen molar-refractivity contribution in [1.82, 2.24) is 8.61 Å². The number of carboxylic acids is 1. The Morgan fingerprint density at radius 2 is 2.04 bits per heavy atom. The predicted molar refractivity (Wildman–Crippen MR) is 86.0 cm³/mol. The summed E-state index contributed by atoms with van der Waals surface area (Å²) in [5, 5.41) is 9.21. The van der Waals surface area contributed by atoms with Gasteiger partial charge in [0.2, 0.25) is 0 Å². The van der Waals surface area contributed by atoms with Gasteiger partial charge in [0.05, 0.1) is 6.61 Å². The monoisotopic (exact) mass is 360 g/mol. The fraction of sp³-hybridized carbons (Fsp3) is 0.643. The molecule has 0 amide bonds. The highest BCUT2D eigenvalue weighted by atomic mass is 32.2. The molecule has 23 heavy (non-hydrogen) atoms. The molecule has 0 saturated carbocycles. The van der Waals surface area contributed by atoms with Crippen molar-refractivity contribution in [2.75, 3.05) is 33.8 Å². The molecule has 3 rings (SSSR count). The van der Waals surface area contributed by atoms with Gasteiger partial charge in [0.15, 0.2) is 0 Å². The molecule has 1 spiro atoms. The molecule has 1 fully saturated rings. The third-order valence-corrected chi connectivity index (χ3v) is 7.79. The second-order valence-corrected chi connectivity index (χ2v) is 9.25. The van der Waals surface area contributed by atoms with Gasteiger partial charge in [-0.05, 0) is 30.9 Å². The van der Waals surface area contributed by atoms with Crippen molar-refractivity contribution >= 4 is 27.5 Å². The number of thiophene rings is 1. The molecule has 0 bridgehead atoms. The van der Waals surface area contributed by atoms with E-state index in [1.807, 2.05) is 0 Å². The van der Waals surface area contributed by atoms with Gasteiger partial charge in [-0.25, -0.2) is 4.79 Å². The molecule has 7 nitrogen and oxygen atoms in total. The summed E-state index contributed by atoms with van der Waals surface area (Å²) in [5.74, 6) is -0.924. The molecule has 0 aromatic carbocycles. The summed E-state index contributed by atoms with van der Waals surface area (Å²) in [6, 6.07) is 1.73. The first kappa shape index (κ1) is 16.8. The third-order valence-electron chi connectivity index (χ3n) is 4.50. The second kappa shape index (κ2) is 5.82. The normalized spacial score (nSPS) is 21.5. The van der Waals surface area contributed by atoms with Gasteiger partial charge in [-0.1, -0.05) is 0 Å². The summed E-state index contributed by atoms with van der Waals surface area (Å²) >= 11 is 1.26. The summed E-state index contributed by atoms with van der Waals surface area (Å²) in [6.45, 7) is 1.30. The van der Waals surface area contributed by atoms with Crippen LogP contribution in [0.3, 0.4) is 0 Å². The highest BCUT2D eigenvalue weighted by Crippen LogP contribution is 2.45. The van der Waals surface area contributed by atoms with Crippen LogP contribution in [0.25, 0.3) is 0 Å². The second-order valence-electron chi connectivity index (χ2n) is 6.05. The molecule has 1 N–H and O–H groups in total. The van der Waals surface area contributed by atoms with Crippen molar-refractivity contribution in [1.29, 1.82) is 0 Å². The average Bonchev–Trinajstić information content (AvgIpc) is 2.94. The molecular formula is C14H20N2O5S2. The highest BCUT2D eigenvalue weighted by molar-refractivity contribution is 7.86. The van der Waals surface area contributed by atoms with E-state index in [0.717, 1.165) is 10.4 Å². The van der Waals surface area contributed by atoms with E-state index < -0.39 is 21.8 Å². The van der Waals surface area contributed by atoms with Crippen LogP contribution in [0.15, 0.2) is 6.07 Å². The Balaban J connectivity index is 1.86. The van der Waals surface area contributed by atoms with Crippen molar-refractivity contribution in [2.45, 2.75) is 24.9 Å². The van der Waals surface area contributed by atoms with E-state index >= 15 is 0 Å². The lowest BCUT2D eigenvalue weighted by Gasteiger charge is -2.43. The van der Waals surface area contributed by atoms with Crippen molar-refractivity contribution in [3.05, 3.63) is 21.4 Å². The van der Waals surface area contributed by atoms with Crippen LogP contribution in [0.4, 0.5) is 0 Å². The zero-order chi connectivity index (χ0) is 16.8. The van der Waals surface area contributed by atoms with E-state index in [1.54, 1.807) is 6.07 Å². The predicted octanol–water partition coefficient (Wildman–Crippen LogP) is 1.12. The van der Waals surface area contributed by atoms with Crippen molar-refractivity contribution in [3.63, 3.8) is 0 Å². The SMILES string of the molecule is CN(C)S(=O)(=O)N1CCC2(CC1)OCCc1cc(C(=O)O)sc12. The third kappa shape index (κ3) is 2.80. The molecule has 0 atom stereocenters. The van der Waals surface area contributed by atoms with Crippen molar-refractivity contribution in [2.24, 2.45) is 0 Å². The van der Waals surface area contributed by atoms with Gasteiger partial charge < -0.3 is 9.84 Å². The first-order valence-electron chi connectivity index (χ1n) is 7.44. The summed E-state index contributed by atoms with van der Waals surface area (Å²) in [6.07, 6.45) is 1.81. The fourth-order valence-electron chi connectivity index (χ4n) is 3.21.